The van der Waals surface area contributed by atoms with Gasteiger partial charge in [0.25, 0.3) is 0 Å². The molecule has 32 heavy (non-hydrogen) atoms. The highest BCUT2D eigenvalue weighted by atomic mass is 16.7. The molecule has 0 spiro atoms. The average Bonchev–Trinajstić information content (AvgIpc) is 2.94. The lowest BCUT2D eigenvalue weighted by Crippen LogP contribution is -2.41. The summed E-state index contributed by atoms with van der Waals surface area (Å²) >= 11 is 0. The number of fused-ring (bicyclic) bond motifs is 1. The quantitative estimate of drug-likeness (QED) is 0.484. The van der Waals surface area contributed by atoms with E-state index in [9.17, 15) is 14.7 Å². The van der Waals surface area contributed by atoms with Crippen molar-refractivity contribution in [3.63, 3.8) is 0 Å². The molecule has 1 atom stereocenters. The minimum absolute atomic E-state index is 0.0451. The SMILES string of the molecule is CC(=O)CC(c1cccc(B2OC(C)(C)C(C)(C)O2)c1)c1c(O)c2ccccc2oc1=O. The van der Waals surface area contributed by atoms with Gasteiger partial charge in [0.05, 0.1) is 22.2 Å². The fourth-order valence-corrected chi connectivity index (χ4v) is 4.03. The van der Waals surface area contributed by atoms with Crippen molar-refractivity contribution in [2.24, 2.45) is 0 Å². The molecule has 1 fully saturated rings. The second-order valence-electron chi connectivity index (χ2n) is 9.37. The Morgan fingerprint density at radius 3 is 2.34 bits per heavy atom. The van der Waals surface area contributed by atoms with Crippen molar-refractivity contribution in [3.8, 4) is 5.75 Å². The number of hydrogen-bond acceptors (Lipinski definition) is 6. The van der Waals surface area contributed by atoms with E-state index in [1.807, 2.05) is 52.0 Å². The summed E-state index contributed by atoms with van der Waals surface area (Å²) in [6.07, 6.45) is 0.0451. The van der Waals surface area contributed by atoms with E-state index in [2.05, 4.69) is 0 Å². The number of Topliss-reactive ketones (excluding diaryl/α,β-unsaturated/α-hetero) is 1. The van der Waals surface area contributed by atoms with E-state index in [-0.39, 0.29) is 23.5 Å². The summed E-state index contributed by atoms with van der Waals surface area (Å²) in [6, 6.07) is 14.2. The van der Waals surface area contributed by atoms with E-state index in [0.29, 0.717) is 16.5 Å². The molecule has 0 aliphatic carbocycles. The number of hydrogen-bond donors (Lipinski definition) is 1. The molecule has 0 radical (unpaired) electrons. The maximum absolute atomic E-state index is 12.9. The van der Waals surface area contributed by atoms with Crippen LogP contribution < -0.4 is 11.1 Å². The van der Waals surface area contributed by atoms with Gasteiger partial charge in [0, 0.05) is 12.3 Å². The van der Waals surface area contributed by atoms with E-state index in [4.69, 9.17) is 13.7 Å². The predicted molar refractivity (Wildman–Crippen MR) is 123 cm³/mol. The number of aromatic hydroxyl groups is 1. The first kappa shape index (κ1) is 22.3. The molecule has 166 valence electrons. The highest BCUT2D eigenvalue weighted by Crippen LogP contribution is 2.38. The van der Waals surface area contributed by atoms with E-state index < -0.39 is 29.9 Å². The van der Waals surface area contributed by atoms with E-state index in [1.54, 1.807) is 24.3 Å². The molecule has 7 heteroatoms. The highest BCUT2D eigenvalue weighted by Gasteiger charge is 2.51. The first-order chi connectivity index (χ1) is 15.0. The van der Waals surface area contributed by atoms with Gasteiger partial charge in [0.15, 0.2) is 0 Å². The van der Waals surface area contributed by atoms with Crippen LogP contribution in [0.5, 0.6) is 5.75 Å². The Morgan fingerprint density at radius 2 is 1.69 bits per heavy atom. The lowest BCUT2D eigenvalue weighted by molar-refractivity contribution is -0.117. The lowest BCUT2D eigenvalue weighted by Gasteiger charge is -2.32. The Kier molecular flexibility index (Phi) is 5.51. The Bertz CT molecular complexity index is 1230. The van der Waals surface area contributed by atoms with Crippen LogP contribution in [0.2, 0.25) is 0 Å². The molecule has 1 unspecified atom stereocenters. The summed E-state index contributed by atoms with van der Waals surface area (Å²) in [7, 11) is -0.584. The molecule has 0 saturated carbocycles. The smallest absolute Gasteiger partial charge is 0.494 e. The Labute approximate surface area is 187 Å². The highest BCUT2D eigenvalue weighted by molar-refractivity contribution is 6.62. The molecule has 1 saturated heterocycles. The topological polar surface area (TPSA) is 86.0 Å². The zero-order valence-corrected chi connectivity index (χ0v) is 19.0. The molecule has 4 rings (SSSR count). The van der Waals surface area contributed by atoms with Crippen molar-refractivity contribution in [1.82, 2.24) is 0 Å². The van der Waals surface area contributed by atoms with Gasteiger partial charge in [-0.15, -0.1) is 0 Å². The number of ketones is 1. The number of carbonyl (C=O) groups is 1. The summed E-state index contributed by atoms with van der Waals surface area (Å²) in [5, 5.41) is 11.4. The maximum atomic E-state index is 12.9. The maximum Gasteiger partial charge on any atom is 0.494 e. The van der Waals surface area contributed by atoms with Crippen LogP contribution in [0.3, 0.4) is 0 Å². The van der Waals surface area contributed by atoms with Gasteiger partial charge in [-0.25, -0.2) is 4.79 Å². The monoisotopic (exact) mass is 434 g/mol. The molecule has 0 bridgehead atoms. The molecule has 1 aliphatic heterocycles. The first-order valence-corrected chi connectivity index (χ1v) is 10.7. The van der Waals surface area contributed by atoms with Gasteiger partial charge < -0.3 is 18.8 Å². The van der Waals surface area contributed by atoms with E-state index in [0.717, 1.165) is 5.46 Å². The van der Waals surface area contributed by atoms with Crippen molar-refractivity contribution >= 4 is 29.3 Å². The van der Waals surface area contributed by atoms with Crippen LogP contribution in [0, 0.1) is 0 Å². The van der Waals surface area contributed by atoms with Gasteiger partial charge in [0.1, 0.15) is 17.1 Å². The summed E-state index contributed by atoms with van der Waals surface area (Å²) in [4.78, 5) is 25.0. The predicted octanol–water partition coefficient (Wildman–Crippen LogP) is 3.91. The minimum atomic E-state index is -0.671. The fraction of sp³-hybridized carbons (Fsp3) is 0.360. The molecule has 2 aromatic carbocycles. The van der Waals surface area contributed by atoms with Gasteiger partial charge in [-0.05, 0) is 57.8 Å². The molecule has 1 aromatic heterocycles. The molecular formula is C25H27BO6. The lowest BCUT2D eigenvalue weighted by atomic mass is 9.76. The normalized spacial score (nSPS) is 18.1. The summed E-state index contributed by atoms with van der Waals surface area (Å²) in [6.45, 7) is 9.38. The van der Waals surface area contributed by atoms with Crippen molar-refractivity contribution in [2.45, 2.75) is 58.2 Å². The third-order valence-corrected chi connectivity index (χ3v) is 6.50. The summed E-state index contributed by atoms with van der Waals surface area (Å²) < 4.78 is 17.8. The molecule has 3 aromatic rings. The van der Waals surface area contributed by atoms with E-state index in [1.165, 1.54) is 6.92 Å². The van der Waals surface area contributed by atoms with Crippen molar-refractivity contribution in [2.75, 3.05) is 0 Å². The summed E-state index contributed by atoms with van der Waals surface area (Å²) in [5.41, 5.74) is 0.197. The Hall–Kier alpha value is -2.90. The molecule has 1 N–H and O–H groups in total. The van der Waals surface area contributed by atoms with Crippen LogP contribution in [0.1, 0.15) is 58.1 Å². The number of rotatable bonds is 5. The fourth-order valence-electron chi connectivity index (χ4n) is 4.03. The van der Waals surface area contributed by atoms with Crippen LogP contribution in [-0.4, -0.2) is 29.2 Å². The third-order valence-electron chi connectivity index (χ3n) is 6.50. The van der Waals surface area contributed by atoms with Gasteiger partial charge >= 0.3 is 12.7 Å². The zero-order chi connectivity index (χ0) is 23.3. The largest absolute Gasteiger partial charge is 0.507 e. The van der Waals surface area contributed by atoms with Gasteiger partial charge in [-0.1, -0.05) is 36.4 Å². The second kappa shape index (κ2) is 7.91. The van der Waals surface area contributed by atoms with Crippen LogP contribution in [0.15, 0.2) is 57.7 Å². The van der Waals surface area contributed by atoms with Crippen molar-refractivity contribution in [1.29, 1.82) is 0 Å². The number of carbonyl (C=O) groups excluding carboxylic acids is 1. The molecule has 0 amide bonds. The third kappa shape index (κ3) is 3.87. The second-order valence-corrected chi connectivity index (χ2v) is 9.37. The van der Waals surface area contributed by atoms with Crippen LogP contribution in [0.25, 0.3) is 11.0 Å². The summed E-state index contributed by atoms with van der Waals surface area (Å²) in [5.74, 6) is -0.942. The van der Waals surface area contributed by atoms with Crippen LogP contribution in [-0.2, 0) is 14.1 Å². The van der Waals surface area contributed by atoms with E-state index >= 15 is 0 Å². The van der Waals surface area contributed by atoms with Crippen LogP contribution in [0.4, 0.5) is 0 Å². The number of para-hydroxylation sites is 1. The van der Waals surface area contributed by atoms with Crippen molar-refractivity contribution < 1.29 is 23.6 Å². The van der Waals surface area contributed by atoms with Crippen molar-refractivity contribution in [3.05, 3.63) is 70.1 Å². The molecule has 1 aliphatic rings. The Balaban J connectivity index is 1.81. The van der Waals surface area contributed by atoms with Crippen LogP contribution >= 0.6 is 0 Å². The van der Waals surface area contributed by atoms with Gasteiger partial charge in [-0.2, -0.15) is 0 Å². The Morgan fingerprint density at radius 1 is 1.03 bits per heavy atom. The first-order valence-electron chi connectivity index (χ1n) is 10.7. The zero-order valence-electron chi connectivity index (χ0n) is 19.0. The standard InChI is InChI=1S/C25H27BO6/c1-15(27)13-19(21-22(28)18-11-6-7-12-20(18)30-23(21)29)16-9-8-10-17(14-16)26-31-24(2,3)25(4,5)32-26/h6-12,14,19,28H,13H2,1-5H3. The molecule has 2 heterocycles. The molecular weight excluding hydrogens is 407 g/mol. The van der Waals surface area contributed by atoms with Gasteiger partial charge in [0.2, 0.25) is 0 Å². The minimum Gasteiger partial charge on any atom is -0.507 e. The number of benzene rings is 2. The average molecular weight is 434 g/mol. The van der Waals surface area contributed by atoms with Gasteiger partial charge in [-0.3, -0.25) is 4.79 Å². The molecule has 6 nitrogen and oxygen atoms in total.